The van der Waals surface area contributed by atoms with E-state index >= 15 is 0 Å². The second-order valence-corrected chi connectivity index (χ2v) is 9.34. The van der Waals surface area contributed by atoms with Crippen LogP contribution in [0, 0.1) is 0 Å². The number of imidazole rings is 3. The van der Waals surface area contributed by atoms with Gasteiger partial charge in [0.2, 0.25) is 12.7 Å². The van der Waals surface area contributed by atoms with Crippen molar-refractivity contribution in [1.82, 2.24) is 24.0 Å². The van der Waals surface area contributed by atoms with E-state index in [0.29, 0.717) is 13.2 Å². The number of aromatic nitrogens is 6. The molecule has 0 unspecified atom stereocenters. The fraction of sp³-hybridized carbons (Fsp3) is 0.429. The lowest BCUT2D eigenvalue weighted by atomic mass is 10.2. The number of unbranched alkanes of at least 4 members (excludes halogenated alkanes) is 2. The quantitative estimate of drug-likeness (QED) is 0.188. The molecule has 0 spiro atoms. The molecular formula is C28H39N7O2+2. The highest BCUT2D eigenvalue weighted by atomic mass is 16.5. The molecule has 3 heterocycles. The number of nitrogens with zero attached hydrogens (tertiary/aromatic N) is 6. The molecule has 0 saturated carbocycles. The van der Waals surface area contributed by atoms with Gasteiger partial charge in [0.1, 0.15) is 31.4 Å². The molecule has 1 amide bonds. The standard InChI is InChI=1S/C28H38N7O2/c36-28(37-23-27-9-2-1-3-10-27)30-11-8-17-35-22-21-34(26-35)16-7-6-15-33-20-19-32(25-33)14-5-4-13-31-18-12-29-24-31/h1-3,9-10,12,18-22,24-26H,4-8,11,13-17,23H2/q+1/p+1. The van der Waals surface area contributed by atoms with Gasteiger partial charge in [-0.15, -0.1) is 0 Å². The van der Waals surface area contributed by atoms with E-state index in [4.69, 9.17) is 4.74 Å². The van der Waals surface area contributed by atoms with Crippen molar-refractivity contribution >= 4 is 6.09 Å². The molecule has 4 aromatic rings. The second-order valence-electron chi connectivity index (χ2n) is 9.34. The predicted molar refractivity (Wildman–Crippen MR) is 139 cm³/mol. The second kappa shape index (κ2) is 14.6. The summed E-state index contributed by atoms with van der Waals surface area (Å²) >= 11 is 0. The van der Waals surface area contributed by atoms with Crippen molar-refractivity contribution in [3.63, 3.8) is 0 Å². The van der Waals surface area contributed by atoms with Gasteiger partial charge >= 0.3 is 6.09 Å². The highest BCUT2D eigenvalue weighted by molar-refractivity contribution is 5.67. The molecule has 0 saturated heterocycles. The Morgan fingerprint density at radius 3 is 2.14 bits per heavy atom. The maximum atomic E-state index is 11.8. The largest absolute Gasteiger partial charge is 0.445 e. The van der Waals surface area contributed by atoms with Crippen molar-refractivity contribution in [1.29, 1.82) is 0 Å². The Kier molecular flexibility index (Phi) is 10.4. The van der Waals surface area contributed by atoms with Gasteiger partial charge in [-0.05, 0) is 31.2 Å². The third-order valence-electron chi connectivity index (χ3n) is 6.29. The summed E-state index contributed by atoms with van der Waals surface area (Å²) in [6.45, 7) is 5.87. The molecule has 4 rings (SSSR count). The van der Waals surface area contributed by atoms with Crippen LogP contribution in [0.5, 0.6) is 0 Å². The molecule has 0 aliphatic rings. The minimum Gasteiger partial charge on any atom is -0.445 e. The molecule has 1 N–H and O–H groups in total. The summed E-state index contributed by atoms with van der Waals surface area (Å²) in [6.07, 6.45) is 23.7. The lowest BCUT2D eigenvalue weighted by Gasteiger charge is -2.06. The summed E-state index contributed by atoms with van der Waals surface area (Å²) in [4.78, 5) is 15.9. The first-order valence-electron chi connectivity index (χ1n) is 13.2. The van der Waals surface area contributed by atoms with Crippen LogP contribution in [0.15, 0.2) is 86.5 Å². The number of benzene rings is 1. The SMILES string of the molecule is O=C(NCCC[n+]1ccn(CCCCn2cc[n+](CCCCn3ccnc3)c2)c1)OCc1ccccc1. The molecule has 0 bridgehead atoms. The number of ether oxygens (including phenoxy) is 1. The number of carbonyl (C=O) groups excluding carboxylic acids is 1. The van der Waals surface area contributed by atoms with Crippen LogP contribution < -0.4 is 14.5 Å². The summed E-state index contributed by atoms with van der Waals surface area (Å²) in [5, 5.41) is 2.82. The number of carbonyl (C=O) groups is 1. The fourth-order valence-corrected chi connectivity index (χ4v) is 4.23. The van der Waals surface area contributed by atoms with Crippen molar-refractivity contribution in [2.75, 3.05) is 6.54 Å². The molecule has 37 heavy (non-hydrogen) atoms. The minimum atomic E-state index is -0.370. The van der Waals surface area contributed by atoms with E-state index in [2.05, 4.69) is 70.6 Å². The zero-order valence-electron chi connectivity index (χ0n) is 21.6. The Morgan fingerprint density at radius 2 is 1.46 bits per heavy atom. The van der Waals surface area contributed by atoms with Crippen LogP contribution in [0.3, 0.4) is 0 Å². The first-order chi connectivity index (χ1) is 18.2. The molecule has 0 radical (unpaired) electrons. The van der Waals surface area contributed by atoms with Crippen molar-refractivity contribution in [3.05, 3.63) is 92.1 Å². The van der Waals surface area contributed by atoms with E-state index in [-0.39, 0.29) is 6.09 Å². The average molecular weight is 506 g/mol. The highest BCUT2D eigenvalue weighted by Gasteiger charge is 2.07. The Hall–Kier alpha value is -3.88. The van der Waals surface area contributed by atoms with Crippen LogP contribution in [0.2, 0.25) is 0 Å². The first-order valence-corrected chi connectivity index (χ1v) is 13.2. The Balaban J connectivity index is 1.02. The summed E-state index contributed by atoms with van der Waals surface area (Å²) < 4.78 is 16.3. The zero-order valence-corrected chi connectivity index (χ0v) is 21.6. The molecule has 196 valence electrons. The van der Waals surface area contributed by atoms with E-state index in [1.54, 1.807) is 0 Å². The smallest absolute Gasteiger partial charge is 0.407 e. The molecule has 0 aliphatic carbocycles. The average Bonchev–Trinajstić information content (AvgIpc) is 3.69. The molecule has 9 nitrogen and oxygen atoms in total. The van der Waals surface area contributed by atoms with E-state index in [1.165, 1.54) is 0 Å². The van der Waals surface area contributed by atoms with Crippen LogP contribution in [-0.2, 0) is 44.1 Å². The van der Waals surface area contributed by atoms with Crippen LogP contribution >= 0.6 is 0 Å². The number of hydrogen-bond acceptors (Lipinski definition) is 3. The van der Waals surface area contributed by atoms with Crippen molar-refractivity contribution in [2.45, 2.75) is 71.4 Å². The first kappa shape index (κ1) is 26.2. The topological polar surface area (TPSA) is 73.8 Å². The lowest BCUT2D eigenvalue weighted by Crippen LogP contribution is -2.34. The lowest BCUT2D eigenvalue weighted by molar-refractivity contribution is -0.697. The Morgan fingerprint density at radius 1 is 0.811 bits per heavy atom. The molecule has 9 heteroatoms. The van der Waals surface area contributed by atoms with Gasteiger partial charge in [-0.25, -0.2) is 28.0 Å². The van der Waals surface area contributed by atoms with Gasteiger partial charge in [-0.3, -0.25) is 0 Å². The summed E-state index contributed by atoms with van der Waals surface area (Å²) in [7, 11) is 0. The maximum Gasteiger partial charge on any atom is 0.407 e. The normalized spacial score (nSPS) is 11.0. The van der Waals surface area contributed by atoms with Crippen LogP contribution in [0.1, 0.15) is 37.7 Å². The highest BCUT2D eigenvalue weighted by Crippen LogP contribution is 2.01. The van der Waals surface area contributed by atoms with Gasteiger partial charge in [-0.1, -0.05) is 30.3 Å². The molecule has 1 aromatic carbocycles. The third kappa shape index (κ3) is 9.59. The number of amides is 1. The van der Waals surface area contributed by atoms with Crippen LogP contribution in [-0.4, -0.2) is 31.3 Å². The summed E-state index contributed by atoms with van der Waals surface area (Å²) in [6, 6.07) is 9.70. The zero-order chi connectivity index (χ0) is 25.5. The molecular weight excluding hydrogens is 466 g/mol. The summed E-state index contributed by atoms with van der Waals surface area (Å²) in [5.74, 6) is 0. The third-order valence-corrected chi connectivity index (χ3v) is 6.29. The number of rotatable bonds is 16. The fourth-order valence-electron chi connectivity index (χ4n) is 4.23. The van der Waals surface area contributed by atoms with E-state index < -0.39 is 0 Å². The van der Waals surface area contributed by atoms with Crippen LogP contribution in [0.4, 0.5) is 4.79 Å². The van der Waals surface area contributed by atoms with E-state index in [1.807, 2.05) is 49.1 Å². The van der Waals surface area contributed by atoms with Gasteiger partial charge in [0.05, 0.1) is 32.5 Å². The molecule has 0 fully saturated rings. The number of alkyl carbamates (subject to hydrolysis) is 1. The van der Waals surface area contributed by atoms with Gasteiger partial charge in [0.25, 0.3) is 0 Å². The van der Waals surface area contributed by atoms with Crippen LogP contribution in [0.25, 0.3) is 0 Å². The van der Waals surface area contributed by atoms with Crippen molar-refractivity contribution < 1.29 is 18.7 Å². The predicted octanol–water partition coefficient (Wildman–Crippen LogP) is 3.34. The van der Waals surface area contributed by atoms with E-state index in [9.17, 15) is 4.79 Å². The minimum absolute atomic E-state index is 0.294. The van der Waals surface area contributed by atoms with Gasteiger partial charge in [-0.2, -0.15) is 0 Å². The van der Waals surface area contributed by atoms with Crippen molar-refractivity contribution in [3.8, 4) is 0 Å². The van der Waals surface area contributed by atoms with Gasteiger partial charge in [0.15, 0.2) is 0 Å². The maximum absolute atomic E-state index is 11.8. The Bertz CT molecular complexity index is 1170. The Labute approximate surface area is 219 Å². The molecule has 0 atom stereocenters. The molecule has 0 aliphatic heterocycles. The molecule has 3 aromatic heterocycles. The number of hydrogen-bond donors (Lipinski definition) is 1. The van der Waals surface area contributed by atoms with E-state index in [0.717, 1.165) is 70.4 Å². The van der Waals surface area contributed by atoms with Crippen molar-refractivity contribution in [2.24, 2.45) is 0 Å². The van der Waals surface area contributed by atoms with Gasteiger partial charge < -0.3 is 14.6 Å². The van der Waals surface area contributed by atoms with Gasteiger partial charge in [0, 0.05) is 31.9 Å². The number of aryl methyl sites for hydroxylation is 5. The number of nitrogens with one attached hydrogen (secondary N) is 1. The monoisotopic (exact) mass is 505 g/mol. The summed E-state index contributed by atoms with van der Waals surface area (Å²) in [5.41, 5.74) is 0.986.